The number of ether oxygens (including phenoxy) is 1. The number of nitrogens with zero attached hydrogens (tertiary/aromatic N) is 2. The van der Waals surface area contributed by atoms with Gasteiger partial charge >= 0.3 is 0 Å². The van der Waals surface area contributed by atoms with Crippen molar-refractivity contribution >= 4 is 50.7 Å². The fourth-order valence-corrected chi connectivity index (χ4v) is 5.93. The maximum Gasteiger partial charge on any atom is 0.264 e. The van der Waals surface area contributed by atoms with Crippen molar-refractivity contribution in [2.45, 2.75) is 58.0 Å². The zero-order chi connectivity index (χ0) is 30.9. The Morgan fingerprint density at radius 3 is 2.21 bits per heavy atom. The van der Waals surface area contributed by atoms with Crippen molar-refractivity contribution < 1.29 is 22.7 Å². The number of carbonyl (C=O) groups excluding carboxylic acids is 2. The number of unbranched alkanes of at least 4 members (excludes halogenated alkanes) is 1. The molecule has 1 atom stereocenters. The molecule has 3 rings (SSSR count). The van der Waals surface area contributed by atoms with E-state index in [1.54, 1.807) is 61.5 Å². The van der Waals surface area contributed by atoms with Crippen LogP contribution in [-0.2, 0) is 26.2 Å². The van der Waals surface area contributed by atoms with E-state index in [1.165, 1.54) is 17.0 Å². The third-order valence-electron chi connectivity index (χ3n) is 6.66. The van der Waals surface area contributed by atoms with Crippen molar-refractivity contribution in [1.29, 1.82) is 0 Å². The Bertz CT molecular complexity index is 1460. The van der Waals surface area contributed by atoms with Crippen LogP contribution in [0.2, 0.25) is 10.0 Å². The molecule has 0 spiro atoms. The van der Waals surface area contributed by atoms with Gasteiger partial charge in [-0.25, -0.2) is 8.42 Å². The lowest BCUT2D eigenvalue weighted by atomic mass is 10.1. The Balaban J connectivity index is 2.00. The summed E-state index contributed by atoms with van der Waals surface area (Å²) in [4.78, 5) is 28.4. The molecule has 1 N–H and O–H groups in total. The first-order valence-corrected chi connectivity index (χ1v) is 16.0. The highest BCUT2D eigenvalue weighted by molar-refractivity contribution is 7.92. The normalized spacial score (nSPS) is 12.0. The van der Waals surface area contributed by atoms with Gasteiger partial charge in [-0.15, -0.1) is 0 Å². The van der Waals surface area contributed by atoms with Gasteiger partial charge in [-0.3, -0.25) is 13.9 Å². The summed E-state index contributed by atoms with van der Waals surface area (Å²) in [6.45, 7) is 7.75. The summed E-state index contributed by atoms with van der Waals surface area (Å²) in [5.41, 5.74) is 1.89. The molecule has 42 heavy (non-hydrogen) atoms. The first kappa shape index (κ1) is 33.2. The summed E-state index contributed by atoms with van der Waals surface area (Å²) in [6, 6.07) is 17.0. The Kier molecular flexibility index (Phi) is 12.1. The topological polar surface area (TPSA) is 96.0 Å². The van der Waals surface area contributed by atoms with E-state index in [1.807, 2.05) is 20.8 Å². The molecule has 8 nitrogen and oxygen atoms in total. The van der Waals surface area contributed by atoms with Crippen molar-refractivity contribution in [1.82, 2.24) is 10.2 Å². The maximum absolute atomic E-state index is 14.0. The Morgan fingerprint density at radius 1 is 0.952 bits per heavy atom. The molecule has 0 bridgehead atoms. The molecule has 0 aliphatic carbocycles. The number of anilines is 1. The molecule has 3 aromatic carbocycles. The summed E-state index contributed by atoms with van der Waals surface area (Å²) >= 11 is 12.3. The van der Waals surface area contributed by atoms with Crippen LogP contribution in [0.25, 0.3) is 0 Å². The number of hydrogen-bond acceptors (Lipinski definition) is 5. The highest BCUT2D eigenvalue weighted by Crippen LogP contribution is 2.27. The molecule has 0 radical (unpaired) electrons. The highest BCUT2D eigenvalue weighted by Gasteiger charge is 2.32. The Hall–Kier alpha value is -3.27. The second-order valence-electron chi connectivity index (χ2n) is 9.84. The summed E-state index contributed by atoms with van der Waals surface area (Å²) in [6.07, 6.45) is 1.69. The van der Waals surface area contributed by atoms with E-state index >= 15 is 0 Å². The fourth-order valence-electron chi connectivity index (χ4n) is 4.19. The van der Waals surface area contributed by atoms with Crippen LogP contribution in [0.1, 0.15) is 44.7 Å². The third-order valence-corrected chi connectivity index (χ3v) is 9.18. The van der Waals surface area contributed by atoms with Gasteiger partial charge in [0.05, 0.1) is 27.2 Å². The van der Waals surface area contributed by atoms with Gasteiger partial charge in [0.2, 0.25) is 11.8 Å². The van der Waals surface area contributed by atoms with Crippen molar-refractivity contribution in [3.05, 3.63) is 87.9 Å². The summed E-state index contributed by atoms with van der Waals surface area (Å²) in [7, 11) is -4.18. The number of amides is 2. The molecule has 2 amide bonds. The second kappa shape index (κ2) is 15.3. The molecular weight excluding hydrogens is 597 g/mol. The van der Waals surface area contributed by atoms with E-state index in [2.05, 4.69) is 5.32 Å². The number of nitrogens with one attached hydrogen (secondary N) is 1. The highest BCUT2D eigenvalue weighted by atomic mass is 35.5. The molecule has 0 fully saturated rings. The van der Waals surface area contributed by atoms with Crippen molar-refractivity contribution in [3.8, 4) is 5.75 Å². The molecule has 0 aliphatic heterocycles. The molecule has 226 valence electrons. The van der Waals surface area contributed by atoms with E-state index in [0.717, 1.165) is 22.7 Å². The number of rotatable bonds is 14. The van der Waals surface area contributed by atoms with Crippen molar-refractivity contribution in [2.75, 3.05) is 24.0 Å². The van der Waals surface area contributed by atoms with Gasteiger partial charge in [0.15, 0.2) is 0 Å². The maximum atomic E-state index is 14.0. The second-order valence-corrected chi connectivity index (χ2v) is 12.5. The monoisotopic (exact) mass is 633 g/mol. The van der Waals surface area contributed by atoms with Crippen LogP contribution in [0.3, 0.4) is 0 Å². The predicted octanol–water partition coefficient (Wildman–Crippen LogP) is 6.23. The van der Waals surface area contributed by atoms with E-state index in [4.69, 9.17) is 27.9 Å². The molecule has 0 aliphatic rings. The molecular formula is C31H37Cl2N3O5S. The standard InChI is InChI=1S/C31H37Cl2N3O5S/c1-5-7-18-34-31(38)23(4)35(20-24-10-17-28(32)29(33)19-24)30(37)21-36(25-11-8-22(3)9-12-25)42(39,40)27-15-13-26(14-16-27)41-6-2/h8-17,19,23H,5-7,18,20-21H2,1-4H3,(H,34,38)/t23-/m0/s1. The van der Waals surface area contributed by atoms with Gasteiger partial charge < -0.3 is 15.0 Å². The van der Waals surface area contributed by atoms with E-state index < -0.39 is 28.5 Å². The number of hydrogen-bond donors (Lipinski definition) is 1. The van der Waals surface area contributed by atoms with Crippen molar-refractivity contribution in [3.63, 3.8) is 0 Å². The molecule has 0 saturated heterocycles. The first-order valence-electron chi connectivity index (χ1n) is 13.8. The van der Waals surface area contributed by atoms with E-state index in [9.17, 15) is 18.0 Å². The summed E-state index contributed by atoms with van der Waals surface area (Å²) in [5.74, 6) is -0.368. The molecule has 0 aromatic heterocycles. The van der Waals surface area contributed by atoms with Gasteiger partial charge in [0.25, 0.3) is 10.0 Å². The lowest BCUT2D eigenvalue weighted by molar-refractivity contribution is -0.139. The number of halogens is 2. The van der Waals surface area contributed by atoms with Crippen LogP contribution in [-0.4, -0.2) is 50.9 Å². The first-order chi connectivity index (χ1) is 20.0. The zero-order valence-corrected chi connectivity index (χ0v) is 26.6. The smallest absolute Gasteiger partial charge is 0.264 e. The van der Waals surface area contributed by atoms with Crippen LogP contribution in [0.5, 0.6) is 5.75 Å². The van der Waals surface area contributed by atoms with Gasteiger partial charge in [-0.05, 0) is 81.3 Å². The third kappa shape index (κ3) is 8.63. The minimum atomic E-state index is -4.18. The minimum absolute atomic E-state index is 0.000665. The molecule has 0 heterocycles. The average molecular weight is 635 g/mol. The van der Waals surface area contributed by atoms with Crippen LogP contribution in [0.4, 0.5) is 5.69 Å². The average Bonchev–Trinajstić information content (AvgIpc) is 2.97. The number of carbonyl (C=O) groups is 2. The van der Waals surface area contributed by atoms with Crippen molar-refractivity contribution in [2.24, 2.45) is 0 Å². The van der Waals surface area contributed by atoms with Crippen LogP contribution < -0.4 is 14.4 Å². The SMILES string of the molecule is CCCCNC(=O)[C@H](C)N(Cc1ccc(Cl)c(Cl)c1)C(=O)CN(c1ccc(C)cc1)S(=O)(=O)c1ccc(OCC)cc1. The number of aryl methyl sites for hydroxylation is 1. The Labute approximate surface area is 258 Å². The quantitative estimate of drug-likeness (QED) is 0.212. The molecule has 0 saturated carbocycles. The largest absolute Gasteiger partial charge is 0.494 e. The molecule has 0 unspecified atom stereocenters. The number of benzene rings is 3. The summed E-state index contributed by atoms with van der Waals surface area (Å²) < 4.78 is 34.5. The van der Waals surface area contributed by atoms with E-state index in [-0.39, 0.29) is 17.3 Å². The molecule has 3 aromatic rings. The lowest BCUT2D eigenvalue weighted by Crippen LogP contribution is -2.51. The summed E-state index contributed by atoms with van der Waals surface area (Å²) in [5, 5.41) is 3.53. The van der Waals surface area contributed by atoms with Gasteiger partial charge in [0.1, 0.15) is 18.3 Å². The zero-order valence-electron chi connectivity index (χ0n) is 24.3. The van der Waals surface area contributed by atoms with Crippen LogP contribution in [0.15, 0.2) is 71.6 Å². The van der Waals surface area contributed by atoms with Gasteiger partial charge in [0, 0.05) is 13.1 Å². The number of sulfonamides is 1. The van der Waals surface area contributed by atoms with Gasteiger partial charge in [-0.2, -0.15) is 0 Å². The lowest BCUT2D eigenvalue weighted by Gasteiger charge is -2.32. The van der Waals surface area contributed by atoms with Crippen LogP contribution in [0, 0.1) is 6.92 Å². The van der Waals surface area contributed by atoms with Gasteiger partial charge in [-0.1, -0.05) is 60.3 Å². The molecule has 11 heteroatoms. The fraction of sp³-hybridized carbons (Fsp3) is 0.355. The minimum Gasteiger partial charge on any atom is -0.494 e. The van der Waals surface area contributed by atoms with E-state index in [0.29, 0.717) is 40.2 Å². The Morgan fingerprint density at radius 2 is 1.62 bits per heavy atom. The van der Waals surface area contributed by atoms with Crippen LogP contribution >= 0.6 is 23.2 Å². The predicted molar refractivity (Wildman–Crippen MR) is 168 cm³/mol.